The molecule has 0 saturated carbocycles. The summed E-state index contributed by atoms with van der Waals surface area (Å²) in [7, 11) is 0. The van der Waals surface area contributed by atoms with Gasteiger partial charge in [-0.2, -0.15) is 5.26 Å². The molecular formula is C13H19N3. The lowest BCUT2D eigenvalue weighted by Gasteiger charge is -2.06. The lowest BCUT2D eigenvalue weighted by molar-refractivity contribution is 0.544. The Morgan fingerprint density at radius 2 is 2.19 bits per heavy atom. The van der Waals surface area contributed by atoms with Crippen LogP contribution in [0.3, 0.4) is 0 Å². The summed E-state index contributed by atoms with van der Waals surface area (Å²) in [5, 5.41) is 11.9. The summed E-state index contributed by atoms with van der Waals surface area (Å²) >= 11 is 0. The molecule has 0 atom stereocenters. The zero-order valence-electron chi connectivity index (χ0n) is 10.0. The molecule has 0 unspecified atom stereocenters. The van der Waals surface area contributed by atoms with Gasteiger partial charge in [0.05, 0.1) is 5.56 Å². The van der Waals surface area contributed by atoms with Gasteiger partial charge in [-0.25, -0.2) is 4.98 Å². The standard InChI is InChI=1S/C13H19N3/c1-11(2)5-3-4-8-15-13-7-6-12(9-14)10-16-13/h6-7,10-11H,3-5,8H2,1-2H3,(H,15,16). The monoisotopic (exact) mass is 217 g/mol. The van der Waals surface area contributed by atoms with Crippen LogP contribution in [0.15, 0.2) is 18.3 Å². The highest BCUT2D eigenvalue weighted by molar-refractivity contribution is 5.38. The summed E-state index contributed by atoms with van der Waals surface area (Å²) in [6.07, 6.45) is 5.29. The van der Waals surface area contributed by atoms with E-state index in [0.717, 1.165) is 18.3 Å². The lowest BCUT2D eigenvalue weighted by atomic mass is 10.1. The Morgan fingerprint density at radius 1 is 1.38 bits per heavy atom. The van der Waals surface area contributed by atoms with Crippen LogP contribution in [0, 0.1) is 17.2 Å². The Balaban J connectivity index is 2.20. The minimum absolute atomic E-state index is 0.602. The second-order valence-electron chi connectivity index (χ2n) is 4.36. The summed E-state index contributed by atoms with van der Waals surface area (Å²) in [5.74, 6) is 1.64. The minimum Gasteiger partial charge on any atom is -0.370 e. The predicted octanol–water partition coefficient (Wildman–Crippen LogP) is 3.19. The summed E-state index contributed by atoms with van der Waals surface area (Å²) in [6.45, 7) is 5.44. The summed E-state index contributed by atoms with van der Waals surface area (Å²) in [6, 6.07) is 5.68. The fourth-order valence-electron chi connectivity index (χ4n) is 1.46. The average Bonchev–Trinajstić information content (AvgIpc) is 2.29. The maximum Gasteiger partial charge on any atom is 0.125 e. The van der Waals surface area contributed by atoms with Gasteiger partial charge >= 0.3 is 0 Å². The molecule has 0 radical (unpaired) electrons. The van der Waals surface area contributed by atoms with Gasteiger partial charge in [-0.3, -0.25) is 0 Å². The second-order valence-corrected chi connectivity index (χ2v) is 4.36. The highest BCUT2D eigenvalue weighted by Crippen LogP contribution is 2.07. The number of nitriles is 1. The lowest BCUT2D eigenvalue weighted by Crippen LogP contribution is -2.03. The van der Waals surface area contributed by atoms with Crippen LogP contribution in [0.5, 0.6) is 0 Å². The van der Waals surface area contributed by atoms with E-state index < -0.39 is 0 Å². The molecule has 3 heteroatoms. The van der Waals surface area contributed by atoms with E-state index in [1.165, 1.54) is 19.3 Å². The smallest absolute Gasteiger partial charge is 0.125 e. The van der Waals surface area contributed by atoms with Crippen molar-refractivity contribution in [2.24, 2.45) is 5.92 Å². The van der Waals surface area contributed by atoms with Gasteiger partial charge in [-0.15, -0.1) is 0 Å². The summed E-state index contributed by atoms with van der Waals surface area (Å²) in [4.78, 5) is 4.15. The van der Waals surface area contributed by atoms with Crippen molar-refractivity contribution in [3.05, 3.63) is 23.9 Å². The van der Waals surface area contributed by atoms with E-state index in [-0.39, 0.29) is 0 Å². The van der Waals surface area contributed by atoms with Crippen LogP contribution >= 0.6 is 0 Å². The number of rotatable bonds is 6. The van der Waals surface area contributed by atoms with Gasteiger partial charge in [0.25, 0.3) is 0 Å². The molecule has 0 aliphatic rings. The van der Waals surface area contributed by atoms with Gasteiger partial charge in [-0.1, -0.05) is 26.7 Å². The number of hydrogen-bond acceptors (Lipinski definition) is 3. The highest BCUT2D eigenvalue weighted by Gasteiger charge is 1.96. The average molecular weight is 217 g/mol. The normalized spacial score (nSPS) is 10.1. The van der Waals surface area contributed by atoms with E-state index >= 15 is 0 Å². The first-order chi connectivity index (χ1) is 7.72. The Bertz CT molecular complexity index is 335. The molecule has 1 aromatic rings. The number of aromatic nitrogens is 1. The van der Waals surface area contributed by atoms with Gasteiger partial charge in [0.2, 0.25) is 0 Å². The topological polar surface area (TPSA) is 48.7 Å². The molecule has 1 N–H and O–H groups in total. The molecule has 0 spiro atoms. The third kappa shape index (κ3) is 4.79. The number of hydrogen-bond donors (Lipinski definition) is 1. The van der Waals surface area contributed by atoms with Crippen molar-refractivity contribution >= 4 is 5.82 Å². The van der Waals surface area contributed by atoms with Gasteiger partial charge < -0.3 is 5.32 Å². The van der Waals surface area contributed by atoms with Crippen molar-refractivity contribution < 1.29 is 0 Å². The Labute approximate surface area is 97.5 Å². The molecule has 0 bridgehead atoms. The Kier molecular flexibility index (Phi) is 5.35. The Morgan fingerprint density at radius 3 is 2.75 bits per heavy atom. The van der Waals surface area contributed by atoms with E-state index in [0.29, 0.717) is 5.56 Å². The molecule has 0 fully saturated rings. The van der Waals surface area contributed by atoms with Crippen LogP contribution in [-0.4, -0.2) is 11.5 Å². The van der Waals surface area contributed by atoms with Crippen molar-refractivity contribution in [2.45, 2.75) is 33.1 Å². The molecular weight excluding hydrogens is 198 g/mol. The van der Waals surface area contributed by atoms with Gasteiger partial charge in [-0.05, 0) is 24.5 Å². The number of anilines is 1. The van der Waals surface area contributed by atoms with Crippen LogP contribution in [0.2, 0.25) is 0 Å². The molecule has 0 aromatic carbocycles. The van der Waals surface area contributed by atoms with Crippen LogP contribution in [-0.2, 0) is 0 Å². The summed E-state index contributed by atoms with van der Waals surface area (Å²) in [5.41, 5.74) is 0.602. The van der Waals surface area contributed by atoms with E-state index in [4.69, 9.17) is 5.26 Å². The van der Waals surface area contributed by atoms with Crippen molar-refractivity contribution in [3.8, 4) is 6.07 Å². The minimum atomic E-state index is 0.602. The maximum absolute atomic E-state index is 8.62. The van der Waals surface area contributed by atoms with Crippen molar-refractivity contribution in [1.82, 2.24) is 4.98 Å². The quantitative estimate of drug-likeness (QED) is 0.744. The zero-order chi connectivity index (χ0) is 11.8. The van der Waals surface area contributed by atoms with Crippen LogP contribution in [0.1, 0.15) is 38.7 Å². The van der Waals surface area contributed by atoms with Crippen molar-refractivity contribution in [2.75, 3.05) is 11.9 Å². The largest absolute Gasteiger partial charge is 0.370 e. The van der Waals surface area contributed by atoms with E-state index in [1.54, 1.807) is 12.3 Å². The number of nitrogens with zero attached hydrogens (tertiary/aromatic N) is 2. The molecule has 1 rings (SSSR count). The third-order valence-electron chi connectivity index (χ3n) is 2.41. The fourth-order valence-corrected chi connectivity index (χ4v) is 1.46. The molecule has 0 aliphatic heterocycles. The molecule has 1 heterocycles. The van der Waals surface area contributed by atoms with Crippen LogP contribution < -0.4 is 5.32 Å². The van der Waals surface area contributed by atoms with Gasteiger partial charge in [0.1, 0.15) is 11.9 Å². The third-order valence-corrected chi connectivity index (χ3v) is 2.41. The van der Waals surface area contributed by atoms with Crippen molar-refractivity contribution in [1.29, 1.82) is 5.26 Å². The number of unbranched alkanes of at least 4 members (excludes halogenated alkanes) is 1. The molecule has 16 heavy (non-hydrogen) atoms. The van der Waals surface area contributed by atoms with E-state index in [1.807, 2.05) is 6.07 Å². The summed E-state index contributed by atoms with van der Waals surface area (Å²) < 4.78 is 0. The molecule has 0 aliphatic carbocycles. The van der Waals surface area contributed by atoms with E-state index in [9.17, 15) is 0 Å². The van der Waals surface area contributed by atoms with Crippen LogP contribution in [0.4, 0.5) is 5.82 Å². The van der Waals surface area contributed by atoms with E-state index in [2.05, 4.69) is 30.2 Å². The first-order valence-electron chi connectivity index (χ1n) is 5.82. The maximum atomic E-state index is 8.62. The zero-order valence-corrected chi connectivity index (χ0v) is 10.0. The SMILES string of the molecule is CC(C)CCCCNc1ccc(C#N)cn1. The van der Waals surface area contributed by atoms with Crippen LogP contribution in [0.25, 0.3) is 0 Å². The number of nitrogens with one attached hydrogen (secondary N) is 1. The van der Waals surface area contributed by atoms with Gasteiger partial charge in [0.15, 0.2) is 0 Å². The molecule has 86 valence electrons. The molecule has 0 amide bonds. The fraction of sp³-hybridized carbons (Fsp3) is 0.538. The number of pyridine rings is 1. The molecule has 1 aromatic heterocycles. The Hall–Kier alpha value is -1.56. The second kappa shape index (κ2) is 6.84. The predicted molar refractivity (Wildman–Crippen MR) is 66.1 cm³/mol. The van der Waals surface area contributed by atoms with Crippen molar-refractivity contribution in [3.63, 3.8) is 0 Å². The van der Waals surface area contributed by atoms with Gasteiger partial charge in [0, 0.05) is 12.7 Å². The molecule has 0 saturated heterocycles. The first-order valence-corrected chi connectivity index (χ1v) is 5.82. The highest BCUT2D eigenvalue weighted by atomic mass is 15.0. The molecule has 3 nitrogen and oxygen atoms in total. The first kappa shape index (κ1) is 12.5.